The summed E-state index contributed by atoms with van der Waals surface area (Å²) in [5.74, 6) is 0.0327. The van der Waals surface area contributed by atoms with Crippen molar-refractivity contribution in [2.75, 3.05) is 25.4 Å². The topological polar surface area (TPSA) is 136 Å². The fourth-order valence-electron chi connectivity index (χ4n) is 2.53. The fraction of sp³-hybridized carbons (Fsp3) is 0.636. The Labute approximate surface area is 123 Å². The zero-order valence-electron chi connectivity index (χ0n) is 11.8. The van der Waals surface area contributed by atoms with Crippen molar-refractivity contribution in [3.63, 3.8) is 0 Å². The second-order valence-corrected chi connectivity index (χ2v) is 7.02. The predicted molar refractivity (Wildman–Crippen MR) is 76.7 cm³/mol. The Morgan fingerprint density at radius 3 is 2.86 bits per heavy atom. The first kappa shape index (κ1) is 15.6. The molecule has 1 atom stereocenters. The lowest BCUT2D eigenvalue weighted by molar-refractivity contribution is 0.236. The number of aryl methyl sites for hydroxylation is 1. The molecule has 1 unspecified atom stereocenters. The monoisotopic (exact) mass is 316 g/mol. The van der Waals surface area contributed by atoms with E-state index in [-0.39, 0.29) is 16.8 Å². The Morgan fingerprint density at radius 2 is 2.29 bits per heavy atom. The van der Waals surface area contributed by atoms with Crippen molar-refractivity contribution in [2.24, 2.45) is 18.7 Å². The lowest BCUT2D eigenvalue weighted by Gasteiger charge is -2.31. The summed E-state index contributed by atoms with van der Waals surface area (Å²) in [6.45, 7) is 1.12. The molecule has 2 amide bonds. The van der Waals surface area contributed by atoms with Crippen molar-refractivity contribution in [1.82, 2.24) is 19.2 Å². The van der Waals surface area contributed by atoms with Crippen molar-refractivity contribution >= 4 is 21.9 Å². The molecular weight excluding hydrogens is 296 g/mol. The molecule has 0 bridgehead atoms. The molecule has 1 aromatic heterocycles. The highest BCUT2D eigenvalue weighted by Gasteiger charge is 2.33. The minimum absolute atomic E-state index is 0.00474. The van der Waals surface area contributed by atoms with E-state index in [1.807, 2.05) is 0 Å². The highest BCUT2D eigenvalue weighted by Crippen LogP contribution is 2.25. The van der Waals surface area contributed by atoms with Gasteiger partial charge in [0.1, 0.15) is 0 Å². The Balaban J connectivity index is 2.15. The first-order valence-electron chi connectivity index (χ1n) is 6.62. The largest absolute Gasteiger partial charge is 0.381 e. The van der Waals surface area contributed by atoms with Gasteiger partial charge in [-0.15, -0.1) is 0 Å². The van der Waals surface area contributed by atoms with Gasteiger partial charge < -0.3 is 21.4 Å². The molecule has 1 aliphatic heterocycles. The number of anilines is 1. The molecular formula is C11H20N6O3S. The normalized spacial score (nSPS) is 20.3. The Morgan fingerprint density at radius 1 is 1.57 bits per heavy atom. The third kappa shape index (κ3) is 3.27. The number of amides is 2. The van der Waals surface area contributed by atoms with Gasteiger partial charge in [0.25, 0.3) is 10.0 Å². The summed E-state index contributed by atoms with van der Waals surface area (Å²) >= 11 is 0. The number of nitrogens with zero attached hydrogens (tertiary/aromatic N) is 3. The molecule has 1 fully saturated rings. The van der Waals surface area contributed by atoms with E-state index in [2.05, 4.69) is 10.3 Å². The number of hydrogen-bond acceptors (Lipinski definition) is 5. The number of rotatable bonds is 4. The fourth-order valence-corrected chi connectivity index (χ4v) is 4.28. The van der Waals surface area contributed by atoms with Crippen LogP contribution in [0.2, 0.25) is 0 Å². The van der Waals surface area contributed by atoms with Gasteiger partial charge in [-0.25, -0.2) is 18.2 Å². The lowest BCUT2D eigenvalue weighted by atomic mass is 10.00. The molecule has 9 nitrogen and oxygen atoms in total. The Bertz CT molecular complexity index is 606. The van der Waals surface area contributed by atoms with Crippen LogP contribution in [-0.2, 0) is 17.1 Å². The van der Waals surface area contributed by atoms with Crippen molar-refractivity contribution < 1.29 is 13.2 Å². The maximum absolute atomic E-state index is 12.6. The number of nitrogens with one attached hydrogen (secondary N) is 1. The number of nitrogens with two attached hydrogens (primary N) is 2. The van der Waals surface area contributed by atoms with Crippen LogP contribution in [0.4, 0.5) is 10.6 Å². The maximum atomic E-state index is 12.6. The van der Waals surface area contributed by atoms with Crippen LogP contribution in [0.1, 0.15) is 12.8 Å². The van der Waals surface area contributed by atoms with E-state index in [1.54, 1.807) is 7.05 Å². The van der Waals surface area contributed by atoms with Crippen molar-refractivity contribution in [1.29, 1.82) is 0 Å². The van der Waals surface area contributed by atoms with E-state index in [4.69, 9.17) is 11.5 Å². The van der Waals surface area contributed by atoms with Crippen LogP contribution in [0.15, 0.2) is 11.4 Å². The number of piperidine rings is 1. The maximum Gasteiger partial charge on any atom is 0.312 e. The summed E-state index contributed by atoms with van der Waals surface area (Å²) in [4.78, 5) is 14.6. The molecule has 0 aliphatic carbocycles. The van der Waals surface area contributed by atoms with Crippen LogP contribution in [0.5, 0.6) is 0 Å². The van der Waals surface area contributed by atoms with Crippen LogP contribution in [0, 0.1) is 5.92 Å². The summed E-state index contributed by atoms with van der Waals surface area (Å²) in [5, 5.41) is 2.53. The van der Waals surface area contributed by atoms with Crippen LogP contribution in [0.25, 0.3) is 0 Å². The van der Waals surface area contributed by atoms with Gasteiger partial charge in [0, 0.05) is 26.7 Å². The summed E-state index contributed by atoms with van der Waals surface area (Å²) in [7, 11) is -2.10. The van der Waals surface area contributed by atoms with E-state index in [1.165, 1.54) is 15.2 Å². The number of carbonyl (C=O) groups is 1. The minimum Gasteiger partial charge on any atom is -0.381 e. The van der Waals surface area contributed by atoms with Gasteiger partial charge in [-0.05, 0) is 18.8 Å². The van der Waals surface area contributed by atoms with E-state index in [0.29, 0.717) is 19.6 Å². The molecule has 1 saturated heterocycles. The molecule has 2 rings (SSSR count). The number of hydrogen-bond donors (Lipinski definition) is 3. The molecule has 1 aromatic rings. The van der Waals surface area contributed by atoms with Crippen molar-refractivity contribution in [2.45, 2.75) is 17.9 Å². The minimum atomic E-state index is -3.69. The third-order valence-electron chi connectivity index (χ3n) is 3.54. The van der Waals surface area contributed by atoms with E-state index in [9.17, 15) is 13.2 Å². The van der Waals surface area contributed by atoms with Gasteiger partial charge in [0.15, 0.2) is 10.8 Å². The number of nitrogen functional groups attached to an aromatic ring is 1. The standard InChI is InChI=1S/C11H20N6O3S/c1-16-7-15-9(12)10(16)21(19,20)17-4-2-3-8(6-17)5-14-11(13)18/h7-8H,2-6,12H2,1H3,(H3,13,14,18). The average Bonchev–Trinajstić information content (AvgIpc) is 2.76. The van der Waals surface area contributed by atoms with Crippen LogP contribution < -0.4 is 16.8 Å². The van der Waals surface area contributed by atoms with Gasteiger partial charge in [-0.3, -0.25) is 0 Å². The molecule has 0 radical (unpaired) electrons. The summed E-state index contributed by atoms with van der Waals surface area (Å²) < 4.78 is 28.1. The second-order valence-electron chi connectivity index (χ2n) is 5.16. The van der Waals surface area contributed by atoms with Crippen molar-refractivity contribution in [3.05, 3.63) is 6.33 Å². The molecule has 0 spiro atoms. The molecule has 1 aliphatic rings. The predicted octanol–water partition coefficient (Wildman–Crippen LogP) is -0.929. The van der Waals surface area contributed by atoms with Gasteiger partial charge in [-0.2, -0.15) is 4.31 Å². The van der Waals surface area contributed by atoms with E-state index < -0.39 is 16.1 Å². The number of carbonyl (C=O) groups excluding carboxylic acids is 1. The van der Waals surface area contributed by atoms with Gasteiger partial charge in [0.05, 0.1) is 6.33 Å². The molecule has 5 N–H and O–H groups in total. The molecule has 0 aromatic carbocycles. The lowest BCUT2D eigenvalue weighted by Crippen LogP contribution is -2.44. The Kier molecular flexibility index (Phi) is 4.37. The first-order chi connectivity index (χ1) is 9.82. The van der Waals surface area contributed by atoms with E-state index in [0.717, 1.165) is 12.8 Å². The number of aromatic nitrogens is 2. The first-order valence-corrected chi connectivity index (χ1v) is 8.06. The van der Waals surface area contributed by atoms with Gasteiger partial charge >= 0.3 is 6.03 Å². The van der Waals surface area contributed by atoms with Crippen molar-refractivity contribution in [3.8, 4) is 0 Å². The molecule has 21 heavy (non-hydrogen) atoms. The SMILES string of the molecule is Cn1cnc(N)c1S(=O)(=O)N1CCCC(CNC(N)=O)C1. The molecule has 118 valence electrons. The Hall–Kier alpha value is -1.81. The van der Waals surface area contributed by atoms with E-state index >= 15 is 0 Å². The molecule has 2 heterocycles. The summed E-state index contributed by atoms with van der Waals surface area (Å²) in [6.07, 6.45) is 2.94. The third-order valence-corrected chi connectivity index (χ3v) is 5.54. The average molecular weight is 316 g/mol. The van der Waals surface area contributed by atoms with Gasteiger partial charge in [-0.1, -0.05) is 0 Å². The smallest absolute Gasteiger partial charge is 0.312 e. The van der Waals surface area contributed by atoms with Crippen LogP contribution in [-0.4, -0.2) is 47.9 Å². The number of urea groups is 1. The highest BCUT2D eigenvalue weighted by molar-refractivity contribution is 7.89. The number of sulfonamides is 1. The quantitative estimate of drug-likeness (QED) is 0.659. The zero-order valence-corrected chi connectivity index (χ0v) is 12.6. The number of imidazole rings is 1. The second kappa shape index (κ2) is 5.90. The highest BCUT2D eigenvalue weighted by atomic mass is 32.2. The van der Waals surface area contributed by atoms with Gasteiger partial charge in [0.2, 0.25) is 0 Å². The number of primary amides is 1. The summed E-state index contributed by atoms with van der Waals surface area (Å²) in [6, 6.07) is -0.606. The van der Waals surface area contributed by atoms with Crippen LogP contribution >= 0.6 is 0 Å². The molecule has 10 heteroatoms. The molecule has 0 saturated carbocycles. The zero-order chi connectivity index (χ0) is 15.6. The summed E-state index contributed by atoms with van der Waals surface area (Å²) in [5.41, 5.74) is 10.7. The van der Waals surface area contributed by atoms with Crippen LogP contribution in [0.3, 0.4) is 0 Å².